The lowest BCUT2D eigenvalue weighted by Gasteiger charge is -1.92. The zero-order chi connectivity index (χ0) is 9.26. The number of rotatable bonds is 1. The van der Waals surface area contributed by atoms with Crippen LogP contribution in [0.3, 0.4) is 0 Å². The third kappa shape index (κ3) is 1.83. The molecule has 0 aliphatic heterocycles. The van der Waals surface area contributed by atoms with Crippen LogP contribution in [-0.2, 0) is 12.8 Å². The summed E-state index contributed by atoms with van der Waals surface area (Å²) in [6, 6.07) is 2.10. The Labute approximate surface area is 82.8 Å². The van der Waals surface area contributed by atoms with E-state index in [1.54, 1.807) is 18.3 Å². The second-order valence-electron chi connectivity index (χ2n) is 3.68. The molecule has 0 spiro atoms. The van der Waals surface area contributed by atoms with Crippen molar-refractivity contribution in [2.75, 3.05) is 0 Å². The molecule has 0 atom stereocenters. The van der Waals surface area contributed by atoms with Gasteiger partial charge in [-0.2, -0.15) is 0 Å². The van der Waals surface area contributed by atoms with Crippen LogP contribution in [0, 0.1) is 0 Å². The van der Waals surface area contributed by atoms with Gasteiger partial charge in [-0.25, -0.2) is 0 Å². The van der Waals surface area contributed by atoms with E-state index in [0.717, 1.165) is 4.88 Å². The van der Waals surface area contributed by atoms with Crippen LogP contribution in [0.15, 0.2) is 6.07 Å². The molecular formula is C11H14OS. The first kappa shape index (κ1) is 8.95. The monoisotopic (exact) mass is 194 g/mol. The van der Waals surface area contributed by atoms with E-state index in [9.17, 15) is 4.79 Å². The molecule has 0 unspecified atom stereocenters. The first-order chi connectivity index (χ1) is 6.27. The first-order valence-corrected chi connectivity index (χ1v) is 5.71. The summed E-state index contributed by atoms with van der Waals surface area (Å²) in [5.41, 5.74) is 1.44. The minimum Gasteiger partial charge on any atom is -0.294 e. The van der Waals surface area contributed by atoms with Crippen LogP contribution in [0.5, 0.6) is 0 Å². The van der Waals surface area contributed by atoms with Gasteiger partial charge in [-0.05, 0) is 44.2 Å². The van der Waals surface area contributed by atoms with Crippen molar-refractivity contribution in [3.05, 3.63) is 21.4 Å². The van der Waals surface area contributed by atoms with Crippen LogP contribution >= 0.6 is 11.3 Å². The zero-order valence-corrected chi connectivity index (χ0v) is 8.75. The van der Waals surface area contributed by atoms with Gasteiger partial charge in [-0.1, -0.05) is 6.42 Å². The molecule has 1 aromatic heterocycles. The van der Waals surface area contributed by atoms with E-state index in [2.05, 4.69) is 6.07 Å². The zero-order valence-electron chi connectivity index (χ0n) is 7.93. The van der Waals surface area contributed by atoms with Crippen molar-refractivity contribution < 1.29 is 4.79 Å². The molecule has 0 aromatic carbocycles. The highest BCUT2D eigenvalue weighted by molar-refractivity contribution is 7.14. The van der Waals surface area contributed by atoms with E-state index in [1.165, 1.54) is 42.5 Å². The van der Waals surface area contributed by atoms with Gasteiger partial charge in [0.25, 0.3) is 0 Å². The summed E-state index contributed by atoms with van der Waals surface area (Å²) in [4.78, 5) is 13.6. The van der Waals surface area contributed by atoms with Crippen LogP contribution in [0.25, 0.3) is 0 Å². The summed E-state index contributed by atoms with van der Waals surface area (Å²) < 4.78 is 0. The molecule has 1 heterocycles. The van der Waals surface area contributed by atoms with Crippen molar-refractivity contribution >= 4 is 17.1 Å². The second kappa shape index (κ2) is 3.62. The van der Waals surface area contributed by atoms with Gasteiger partial charge < -0.3 is 0 Å². The number of carbonyl (C=O) groups is 1. The van der Waals surface area contributed by atoms with Crippen molar-refractivity contribution in [3.63, 3.8) is 0 Å². The van der Waals surface area contributed by atoms with Crippen LogP contribution < -0.4 is 0 Å². The smallest absolute Gasteiger partial charge is 0.169 e. The maximum atomic E-state index is 11.2. The van der Waals surface area contributed by atoms with Crippen LogP contribution in [0.2, 0.25) is 0 Å². The molecule has 0 saturated heterocycles. The van der Waals surface area contributed by atoms with E-state index in [0.29, 0.717) is 0 Å². The molecule has 1 aliphatic rings. The highest BCUT2D eigenvalue weighted by Gasteiger charge is 2.13. The number of carbonyl (C=O) groups excluding carboxylic acids is 1. The van der Waals surface area contributed by atoms with Crippen LogP contribution in [0.4, 0.5) is 0 Å². The molecule has 0 fully saturated rings. The molecule has 0 amide bonds. The van der Waals surface area contributed by atoms with Gasteiger partial charge >= 0.3 is 0 Å². The predicted molar refractivity (Wildman–Crippen MR) is 55.6 cm³/mol. The van der Waals surface area contributed by atoms with Crippen molar-refractivity contribution in [2.24, 2.45) is 0 Å². The van der Waals surface area contributed by atoms with E-state index >= 15 is 0 Å². The molecular weight excluding hydrogens is 180 g/mol. The van der Waals surface area contributed by atoms with Gasteiger partial charge in [0.05, 0.1) is 4.88 Å². The van der Waals surface area contributed by atoms with Gasteiger partial charge in [0, 0.05) is 4.88 Å². The number of ketones is 1. The lowest BCUT2D eigenvalue weighted by atomic mass is 10.1. The third-order valence-corrected chi connectivity index (χ3v) is 3.93. The summed E-state index contributed by atoms with van der Waals surface area (Å²) in [5.74, 6) is 0.220. The van der Waals surface area contributed by atoms with Crippen LogP contribution in [-0.4, -0.2) is 5.78 Å². The van der Waals surface area contributed by atoms with Gasteiger partial charge in [0.2, 0.25) is 0 Å². The Morgan fingerprint density at radius 3 is 2.85 bits per heavy atom. The minimum absolute atomic E-state index is 0.220. The van der Waals surface area contributed by atoms with E-state index in [4.69, 9.17) is 0 Å². The molecule has 70 valence electrons. The number of hydrogen-bond donors (Lipinski definition) is 0. The Bertz CT molecular complexity index is 301. The van der Waals surface area contributed by atoms with Crippen molar-refractivity contribution in [2.45, 2.75) is 39.0 Å². The number of Topliss-reactive ketones (excluding diaryl/α,β-unsaturated/α-hetero) is 1. The van der Waals surface area contributed by atoms with Gasteiger partial charge in [0.15, 0.2) is 5.78 Å². The Morgan fingerprint density at radius 1 is 1.31 bits per heavy atom. The second-order valence-corrected chi connectivity index (χ2v) is 4.81. The van der Waals surface area contributed by atoms with Crippen LogP contribution in [0.1, 0.15) is 46.3 Å². The van der Waals surface area contributed by atoms with Gasteiger partial charge in [0.1, 0.15) is 0 Å². The fourth-order valence-electron chi connectivity index (χ4n) is 1.84. The number of thiophene rings is 1. The average Bonchev–Trinajstić information content (AvgIpc) is 2.38. The largest absolute Gasteiger partial charge is 0.294 e. The summed E-state index contributed by atoms with van der Waals surface area (Å²) in [7, 11) is 0. The normalized spacial score (nSPS) is 16.4. The lowest BCUT2D eigenvalue weighted by molar-refractivity contribution is 0.102. The summed E-state index contributed by atoms with van der Waals surface area (Å²) in [6.45, 7) is 1.66. The Hall–Kier alpha value is -0.630. The molecule has 0 N–H and O–H groups in total. The average molecular weight is 194 g/mol. The molecule has 2 rings (SSSR count). The Kier molecular flexibility index (Phi) is 2.49. The molecule has 1 aromatic rings. The maximum absolute atomic E-state index is 11.2. The molecule has 0 saturated carbocycles. The van der Waals surface area contributed by atoms with Gasteiger partial charge in [-0.15, -0.1) is 11.3 Å². The molecule has 2 heteroatoms. The quantitative estimate of drug-likeness (QED) is 0.495. The SMILES string of the molecule is CC(=O)c1cc2c(s1)CCCCC2. The number of fused-ring (bicyclic) bond motifs is 1. The molecule has 0 bridgehead atoms. The number of hydrogen-bond acceptors (Lipinski definition) is 2. The summed E-state index contributed by atoms with van der Waals surface area (Å²) in [5, 5.41) is 0. The summed E-state index contributed by atoms with van der Waals surface area (Å²) in [6.07, 6.45) is 6.30. The maximum Gasteiger partial charge on any atom is 0.169 e. The highest BCUT2D eigenvalue weighted by atomic mass is 32.1. The van der Waals surface area contributed by atoms with Crippen molar-refractivity contribution in [3.8, 4) is 0 Å². The summed E-state index contributed by atoms with van der Waals surface area (Å²) >= 11 is 1.71. The Morgan fingerprint density at radius 2 is 2.08 bits per heavy atom. The first-order valence-electron chi connectivity index (χ1n) is 4.90. The molecule has 0 radical (unpaired) electrons. The molecule has 13 heavy (non-hydrogen) atoms. The molecule has 1 nitrogen and oxygen atoms in total. The number of aryl methyl sites for hydroxylation is 2. The lowest BCUT2D eigenvalue weighted by Crippen LogP contribution is -1.85. The molecule has 1 aliphatic carbocycles. The minimum atomic E-state index is 0.220. The third-order valence-electron chi connectivity index (χ3n) is 2.59. The Balaban J connectivity index is 2.32. The predicted octanol–water partition coefficient (Wildman–Crippen LogP) is 3.22. The van der Waals surface area contributed by atoms with Crippen molar-refractivity contribution in [1.82, 2.24) is 0 Å². The van der Waals surface area contributed by atoms with Gasteiger partial charge in [-0.3, -0.25) is 4.79 Å². The van der Waals surface area contributed by atoms with Crippen molar-refractivity contribution in [1.29, 1.82) is 0 Å². The topological polar surface area (TPSA) is 17.1 Å². The van der Waals surface area contributed by atoms with E-state index < -0.39 is 0 Å². The standard InChI is InChI=1S/C11H14OS/c1-8(12)11-7-9-5-3-2-4-6-10(9)13-11/h7H,2-6H2,1H3. The fraction of sp³-hybridized carbons (Fsp3) is 0.545. The fourth-order valence-corrected chi connectivity index (χ4v) is 2.99. The highest BCUT2D eigenvalue weighted by Crippen LogP contribution is 2.28. The van der Waals surface area contributed by atoms with E-state index in [-0.39, 0.29) is 5.78 Å². The van der Waals surface area contributed by atoms with E-state index in [1.807, 2.05) is 0 Å².